The number of hydrogen-bond acceptors (Lipinski definition) is 3. The van der Waals surface area contributed by atoms with Crippen LogP contribution in [-0.4, -0.2) is 18.2 Å². The van der Waals surface area contributed by atoms with E-state index in [4.69, 9.17) is 15.6 Å². The lowest BCUT2D eigenvalue weighted by atomic mass is 10.1. The summed E-state index contributed by atoms with van der Waals surface area (Å²) in [4.78, 5) is 10.4. The summed E-state index contributed by atoms with van der Waals surface area (Å²) in [5.41, 5.74) is 7.92. The van der Waals surface area contributed by atoms with E-state index in [9.17, 15) is 4.79 Å². The van der Waals surface area contributed by atoms with E-state index in [1.165, 1.54) is 6.08 Å². The van der Waals surface area contributed by atoms with Gasteiger partial charge in [0.1, 0.15) is 0 Å². The maximum Gasteiger partial charge on any atom is 0.328 e. The van der Waals surface area contributed by atoms with E-state index >= 15 is 0 Å². The van der Waals surface area contributed by atoms with Crippen LogP contribution in [0.1, 0.15) is 11.1 Å². The molecule has 1 aromatic carbocycles. The van der Waals surface area contributed by atoms with E-state index in [1.807, 2.05) is 0 Å². The third kappa shape index (κ3) is 3.44. The van der Waals surface area contributed by atoms with E-state index in [0.717, 1.165) is 17.2 Å². The largest absolute Gasteiger partial charge is 0.478 e. The molecule has 3 N–H and O–H groups in total. The number of carboxylic acid groups (broad SMARTS) is 1. The Hall–Kier alpha value is -1.81. The maximum absolute atomic E-state index is 10.4. The van der Waals surface area contributed by atoms with Crippen molar-refractivity contribution in [2.45, 2.75) is 6.61 Å². The number of nitrogens with two attached hydrogens (primary N) is 1. The second-order valence-electron chi connectivity index (χ2n) is 3.06. The first-order chi connectivity index (χ1) is 7.13. The molecule has 0 atom stereocenters. The minimum absolute atomic E-state index is 0.407. The zero-order valence-corrected chi connectivity index (χ0v) is 8.43. The van der Waals surface area contributed by atoms with Crippen molar-refractivity contribution in [2.75, 3.05) is 12.8 Å². The lowest BCUT2D eigenvalue weighted by Gasteiger charge is -2.05. The fourth-order valence-corrected chi connectivity index (χ4v) is 1.23. The van der Waals surface area contributed by atoms with Gasteiger partial charge in [-0.1, -0.05) is 6.07 Å². The van der Waals surface area contributed by atoms with Gasteiger partial charge in [-0.15, -0.1) is 0 Å². The van der Waals surface area contributed by atoms with Crippen molar-refractivity contribution in [1.29, 1.82) is 0 Å². The number of anilines is 1. The molecule has 1 aromatic rings. The first kappa shape index (κ1) is 11.3. The van der Waals surface area contributed by atoms with Crippen LogP contribution in [0, 0.1) is 0 Å². The molecule has 0 aliphatic carbocycles. The van der Waals surface area contributed by atoms with Gasteiger partial charge in [-0.2, -0.15) is 0 Å². The van der Waals surface area contributed by atoms with Crippen LogP contribution in [0.3, 0.4) is 0 Å². The second kappa shape index (κ2) is 5.17. The van der Waals surface area contributed by atoms with Crippen LogP contribution in [0.5, 0.6) is 0 Å². The Morgan fingerprint density at radius 2 is 2.33 bits per heavy atom. The van der Waals surface area contributed by atoms with Crippen LogP contribution in [0.25, 0.3) is 6.08 Å². The van der Waals surface area contributed by atoms with Crippen LogP contribution >= 0.6 is 0 Å². The summed E-state index contributed by atoms with van der Waals surface area (Å²) in [7, 11) is 1.58. The Bertz CT molecular complexity index is 385. The molecule has 0 radical (unpaired) electrons. The smallest absolute Gasteiger partial charge is 0.328 e. The summed E-state index contributed by atoms with van der Waals surface area (Å²) in [6, 6.07) is 5.26. The molecule has 0 bridgehead atoms. The Labute approximate surface area is 88.0 Å². The summed E-state index contributed by atoms with van der Waals surface area (Å²) in [6.45, 7) is 0.407. The molecule has 0 heterocycles. The molecule has 0 saturated carbocycles. The number of hydrogen-bond donors (Lipinski definition) is 2. The molecule has 0 saturated heterocycles. The monoisotopic (exact) mass is 207 g/mol. The fourth-order valence-electron chi connectivity index (χ4n) is 1.23. The number of ether oxygens (including phenoxy) is 1. The van der Waals surface area contributed by atoms with Crippen molar-refractivity contribution >= 4 is 17.7 Å². The quantitative estimate of drug-likeness (QED) is 0.580. The van der Waals surface area contributed by atoms with Crippen LogP contribution in [0.2, 0.25) is 0 Å². The number of aliphatic carboxylic acids is 1. The summed E-state index contributed by atoms with van der Waals surface area (Å²) < 4.78 is 4.99. The van der Waals surface area contributed by atoms with E-state index in [-0.39, 0.29) is 0 Å². The highest BCUT2D eigenvalue weighted by molar-refractivity contribution is 5.85. The van der Waals surface area contributed by atoms with Gasteiger partial charge in [-0.3, -0.25) is 0 Å². The minimum atomic E-state index is -0.977. The van der Waals surface area contributed by atoms with Crippen molar-refractivity contribution in [2.24, 2.45) is 0 Å². The first-order valence-corrected chi connectivity index (χ1v) is 4.42. The SMILES string of the molecule is COCc1cc(N)ccc1/C=C/C(=O)O. The molecule has 4 heteroatoms. The van der Waals surface area contributed by atoms with Gasteiger partial charge in [0.25, 0.3) is 0 Å². The zero-order valence-electron chi connectivity index (χ0n) is 8.43. The third-order valence-electron chi connectivity index (χ3n) is 1.87. The van der Waals surface area contributed by atoms with E-state index in [2.05, 4.69) is 0 Å². The number of benzene rings is 1. The van der Waals surface area contributed by atoms with Crippen molar-refractivity contribution in [3.8, 4) is 0 Å². The predicted octanol–water partition coefficient (Wildman–Crippen LogP) is 1.51. The lowest BCUT2D eigenvalue weighted by Crippen LogP contribution is -1.95. The second-order valence-corrected chi connectivity index (χ2v) is 3.06. The average molecular weight is 207 g/mol. The highest BCUT2D eigenvalue weighted by Crippen LogP contribution is 2.16. The maximum atomic E-state index is 10.4. The molecule has 0 spiro atoms. The van der Waals surface area contributed by atoms with E-state index in [0.29, 0.717) is 12.3 Å². The Balaban J connectivity index is 3.00. The number of rotatable bonds is 4. The normalized spacial score (nSPS) is 10.7. The van der Waals surface area contributed by atoms with Crippen LogP contribution in [0.4, 0.5) is 5.69 Å². The van der Waals surface area contributed by atoms with Crippen LogP contribution in [0.15, 0.2) is 24.3 Å². The molecule has 15 heavy (non-hydrogen) atoms. The summed E-state index contributed by atoms with van der Waals surface area (Å²) in [5.74, 6) is -0.977. The summed E-state index contributed by atoms with van der Waals surface area (Å²) >= 11 is 0. The van der Waals surface area contributed by atoms with Gasteiger partial charge in [0.2, 0.25) is 0 Å². The number of methoxy groups -OCH3 is 1. The molecule has 0 unspecified atom stereocenters. The molecule has 4 nitrogen and oxygen atoms in total. The Morgan fingerprint density at radius 3 is 2.93 bits per heavy atom. The Kier molecular flexibility index (Phi) is 3.88. The average Bonchev–Trinajstić information content (AvgIpc) is 2.17. The molecule has 0 aliphatic rings. The van der Waals surface area contributed by atoms with Gasteiger partial charge in [0.15, 0.2) is 0 Å². The van der Waals surface area contributed by atoms with Gasteiger partial charge in [0, 0.05) is 18.9 Å². The van der Waals surface area contributed by atoms with Gasteiger partial charge >= 0.3 is 5.97 Å². The molecule has 80 valence electrons. The highest BCUT2D eigenvalue weighted by Gasteiger charge is 2.00. The van der Waals surface area contributed by atoms with Crippen LogP contribution < -0.4 is 5.73 Å². The number of carboxylic acids is 1. The highest BCUT2D eigenvalue weighted by atomic mass is 16.5. The van der Waals surface area contributed by atoms with Crippen molar-refractivity contribution in [1.82, 2.24) is 0 Å². The standard InChI is InChI=1S/C11H13NO3/c1-15-7-9-6-10(12)4-2-8(9)3-5-11(13)14/h2-6H,7,12H2,1H3,(H,13,14)/b5-3+. The minimum Gasteiger partial charge on any atom is -0.478 e. The summed E-state index contributed by atoms with van der Waals surface area (Å²) in [5, 5.41) is 8.51. The van der Waals surface area contributed by atoms with E-state index < -0.39 is 5.97 Å². The zero-order chi connectivity index (χ0) is 11.3. The number of carbonyl (C=O) groups is 1. The van der Waals surface area contributed by atoms with Crippen molar-refractivity contribution < 1.29 is 14.6 Å². The van der Waals surface area contributed by atoms with Gasteiger partial charge in [0.05, 0.1) is 6.61 Å². The Morgan fingerprint density at radius 1 is 1.60 bits per heavy atom. The molecular formula is C11H13NO3. The number of nitrogen functional groups attached to an aromatic ring is 1. The van der Waals surface area contributed by atoms with Crippen molar-refractivity contribution in [3.63, 3.8) is 0 Å². The van der Waals surface area contributed by atoms with Gasteiger partial charge in [-0.05, 0) is 29.3 Å². The topological polar surface area (TPSA) is 72.5 Å². The van der Waals surface area contributed by atoms with Crippen molar-refractivity contribution in [3.05, 3.63) is 35.4 Å². The van der Waals surface area contributed by atoms with Crippen LogP contribution in [-0.2, 0) is 16.1 Å². The lowest BCUT2D eigenvalue weighted by molar-refractivity contribution is -0.131. The third-order valence-corrected chi connectivity index (χ3v) is 1.87. The molecule has 0 aliphatic heterocycles. The predicted molar refractivity (Wildman–Crippen MR) is 58.2 cm³/mol. The first-order valence-electron chi connectivity index (χ1n) is 4.42. The molecular weight excluding hydrogens is 194 g/mol. The molecule has 0 amide bonds. The van der Waals surface area contributed by atoms with Gasteiger partial charge in [-0.25, -0.2) is 4.79 Å². The van der Waals surface area contributed by atoms with E-state index in [1.54, 1.807) is 25.3 Å². The molecule has 0 fully saturated rings. The van der Waals surface area contributed by atoms with Gasteiger partial charge < -0.3 is 15.6 Å². The summed E-state index contributed by atoms with van der Waals surface area (Å²) in [6.07, 6.45) is 2.61. The molecule has 1 rings (SSSR count). The molecule has 0 aromatic heterocycles. The fraction of sp³-hybridized carbons (Fsp3) is 0.182.